The highest BCUT2D eigenvalue weighted by Gasteiger charge is 2.28. The van der Waals surface area contributed by atoms with E-state index < -0.39 is 6.17 Å². The number of benzene rings is 2. The molecule has 0 spiro atoms. The summed E-state index contributed by atoms with van der Waals surface area (Å²) >= 11 is 0. The van der Waals surface area contributed by atoms with Gasteiger partial charge in [0, 0.05) is 24.2 Å². The van der Waals surface area contributed by atoms with Crippen LogP contribution in [0.15, 0.2) is 64.0 Å². The van der Waals surface area contributed by atoms with Crippen LogP contribution in [-0.4, -0.2) is 41.1 Å². The van der Waals surface area contributed by atoms with Crippen LogP contribution in [0.4, 0.5) is 6.01 Å². The second kappa shape index (κ2) is 7.60. The Labute approximate surface area is 167 Å². The molecule has 2 aromatic carbocycles. The molecule has 2 aliphatic heterocycles. The number of ether oxygens (including phenoxy) is 1. The van der Waals surface area contributed by atoms with E-state index in [1.54, 1.807) is 0 Å². The van der Waals surface area contributed by atoms with Gasteiger partial charge in [-0.2, -0.15) is 0 Å². The molecule has 146 valence electrons. The van der Waals surface area contributed by atoms with Crippen LogP contribution in [0, 0.1) is 0 Å². The quantitative estimate of drug-likeness (QED) is 0.739. The predicted octanol–water partition coefficient (Wildman–Crippen LogP) is 2.97. The number of rotatable bonds is 4. The van der Waals surface area contributed by atoms with Gasteiger partial charge in [-0.25, -0.2) is 0 Å². The number of anilines is 1. The summed E-state index contributed by atoms with van der Waals surface area (Å²) in [5, 5.41) is 11.2. The molecule has 0 radical (unpaired) electrons. The Morgan fingerprint density at radius 2 is 1.83 bits per heavy atom. The predicted molar refractivity (Wildman–Crippen MR) is 107 cm³/mol. The number of hydrogen-bond donors (Lipinski definition) is 1. The van der Waals surface area contributed by atoms with E-state index in [0.29, 0.717) is 19.1 Å². The standard InChI is InChI=1S/C22H20N4O3/c27-18-12-15-8-4-5-9-17(15)19(14-6-2-1-3-7-14)23-20(18)24-22-26-25-21(29-22)16-10-11-28-13-16/h1-9,16,20H,10-13H2,(H,24,26). The summed E-state index contributed by atoms with van der Waals surface area (Å²) in [6.07, 6.45) is 0.339. The van der Waals surface area contributed by atoms with Gasteiger partial charge in [0.25, 0.3) is 0 Å². The fourth-order valence-corrected chi connectivity index (χ4v) is 3.70. The van der Waals surface area contributed by atoms with Crippen LogP contribution in [0.3, 0.4) is 0 Å². The first-order valence-electron chi connectivity index (χ1n) is 9.70. The van der Waals surface area contributed by atoms with E-state index in [2.05, 4.69) is 15.5 Å². The lowest BCUT2D eigenvalue weighted by Crippen LogP contribution is -2.29. The molecule has 0 amide bonds. The van der Waals surface area contributed by atoms with Crippen LogP contribution in [0.25, 0.3) is 0 Å². The van der Waals surface area contributed by atoms with Gasteiger partial charge in [-0.05, 0) is 12.0 Å². The molecule has 2 aliphatic rings. The van der Waals surface area contributed by atoms with Gasteiger partial charge in [-0.1, -0.05) is 59.7 Å². The molecule has 3 aromatic rings. The van der Waals surface area contributed by atoms with Gasteiger partial charge in [-0.3, -0.25) is 9.79 Å². The van der Waals surface area contributed by atoms with Crippen molar-refractivity contribution in [1.82, 2.24) is 10.2 Å². The fourth-order valence-electron chi connectivity index (χ4n) is 3.70. The van der Waals surface area contributed by atoms with Crippen molar-refractivity contribution >= 4 is 17.5 Å². The molecule has 0 bridgehead atoms. The molecule has 29 heavy (non-hydrogen) atoms. The van der Waals surface area contributed by atoms with E-state index in [0.717, 1.165) is 28.8 Å². The molecular formula is C22H20N4O3. The average Bonchev–Trinajstić information content (AvgIpc) is 3.42. The molecule has 7 heteroatoms. The Morgan fingerprint density at radius 3 is 2.66 bits per heavy atom. The first kappa shape index (κ1) is 17.8. The number of nitrogens with one attached hydrogen (secondary N) is 1. The Hall–Kier alpha value is -3.32. The average molecular weight is 388 g/mol. The van der Waals surface area contributed by atoms with Crippen molar-refractivity contribution < 1.29 is 13.9 Å². The molecule has 1 saturated heterocycles. The number of aliphatic imine (C=N–C) groups is 1. The topological polar surface area (TPSA) is 89.6 Å². The molecule has 3 heterocycles. The summed E-state index contributed by atoms with van der Waals surface area (Å²) in [4.78, 5) is 17.7. The van der Waals surface area contributed by atoms with Crippen LogP contribution in [0.2, 0.25) is 0 Å². The Morgan fingerprint density at radius 1 is 1.00 bits per heavy atom. The lowest BCUT2D eigenvalue weighted by atomic mass is 9.96. The largest absolute Gasteiger partial charge is 0.408 e. The third-order valence-corrected chi connectivity index (χ3v) is 5.23. The van der Waals surface area contributed by atoms with Crippen molar-refractivity contribution in [3.05, 3.63) is 77.2 Å². The van der Waals surface area contributed by atoms with Crippen LogP contribution in [0.5, 0.6) is 0 Å². The van der Waals surface area contributed by atoms with E-state index in [-0.39, 0.29) is 24.1 Å². The zero-order valence-corrected chi connectivity index (χ0v) is 15.7. The molecule has 2 unspecified atom stereocenters. The van der Waals surface area contributed by atoms with E-state index in [4.69, 9.17) is 14.1 Å². The smallest absolute Gasteiger partial charge is 0.317 e. The summed E-state index contributed by atoms with van der Waals surface area (Å²) in [5.74, 6) is 0.587. The molecule has 1 N–H and O–H groups in total. The van der Waals surface area contributed by atoms with Gasteiger partial charge >= 0.3 is 6.01 Å². The number of carbonyl (C=O) groups is 1. The van der Waals surface area contributed by atoms with Gasteiger partial charge in [0.1, 0.15) is 0 Å². The van der Waals surface area contributed by atoms with Gasteiger partial charge in [0.05, 0.1) is 18.2 Å². The normalized spacial score (nSPS) is 21.4. The number of hydrogen-bond acceptors (Lipinski definition) is 7. The minimum atomic E-state index is -0.800. The van der Waals surface area contributed by atoms with Gasteiger partial charge in [0.15, 0.2) is 11.9 Å². The maximum Gasteiger partial charge on any atom is 0.317 e. The maximum atomic E-state index is 12.9. The number of aromatic nitrogens is 2. The van der Waals surface area contributed by atoms with Crippen molar-refractivity contribution in [2.45, 2.75) is 24.9 Å². The molecular weight excluding hydrogens is 368 g/mol. The summed E-state index contributed by atoms with van der Waals surface area (Å²) < 4.78 is 11.1. The monoisotopic (exact) mass is 388 g/mol. The molecule has 1 aromatic heterocycles. The number of carbonyl (C=O) groups excluding carboxylic acids is 1. The highest BCUT2D eigenvalue weighted by Crippen LogP contribution is 2.26. The molecule has 2 atom stereocenters. The zero-order chi connectivity index (χ0) is 19.6. The molecule has 0 saturated carbocycles. The van der Waals surface area contributed by atoms with Crippen molar-refractivity contribution in [2.75, 3.05) is 18.5 Å². The van der Waals surface area contributed by atoms with Crippen molar-refractivity contribution in [2.24, 2.45) is 4.99 Å². The van der Waals surface area contributed by atoms with Gasteiger partial charge in [-0.15, -0.1) is 5.10 Å². The zero-order valence-electron chi connectivity index (χ0n) is 15.7. The Balaban J connectivity index is 1.49. The lowest BCUT2D eigenvalue weighted by molar-refractivity contribution is -0.119. The summed E-state index contributed by atoms with van der Waals surface area (Å²) in [7, 11) is 0. The van der Waals surface area contributed by atoms with Crippen molar-refractivity contribution in [3.63, 3.8) is 0 Å². The minimum absolute atomic E-state index is 0.0488. The van der Waals surface area contributed by atoms with E-state index in [1.165, 1.54) is 0 Å². The fraction of sp³-hybridized carbons (Fsp3) is 0.273. The van der Waals surface area contributed by atoms with Crippen LogP contribution in [0.1, 0.15) is 34.9 Å². The van der Waals surface area contributed by atoms with Gasteiger partial charge in [0.2, 0.25) is 5.89 Å². The van der Waals surface area contributed by atoms with E-state index in [9.17, 15) is 4.79 Å². The summed E-state index contributed by atoms with van der Waals surface area (Å²) in [5.41, 5.74) is 3.65. The highest BCUT2D eigenvalue weighted by molar-refractivity contribution is 6.16. The second-order valence-electron chi connectivity index (χ2n) is 7.20. The first-order valence-corrected chi connectivity index (χ1v) is 9.70. The highest BCUT2D eigenvalue weighted by atomic mass is 16.5. The van der Waals surface area contributed by atoms with Crippen molar-refractivity contribution in [1.29, 1.82) is 0 Å². The number of fused-ring (bicyclic) bond motifs is 1. The van der Waals surface area contributed by atoms with Crippen LogP contribution in [-0.2, 0) is 16.0 Å². The SMILES string of the molecule is O=C1Cc2ccccc2C(c2ccccc2)=NC1Nc1nnc(C2CCOC2)o1. The minimum Gasteiger partial charge on any atom is -0.408 e. The van der Waals surface area contributed by atoms with E-state index in [1.807, 2.05) is 54.6 Å². The molecule has 0 aliphatic carbocycles. The number of nitrogens with zero attached hydrogens (tertiary/aromatic N) is 3. The summed E-state index contributed by atoms with van der Waals surface area (Å²) in [6, 6.07) is 17.9. The number of ketones is 1. The Kier molecular flexibility index (Phi) is 4.65. The van der Waals surface area contributed by atoms with Crippen LogP contribution < -0.4 is 5.32 Å². The molecule has 1 fully saturated rings. The Bertz CT molecular complexity index is 1050. The molecule has 5 rings (SSSR count). The number of Topliss-reactive ketones (excluding diaryl/α,β-unsaturated/α-hetero) is 1. The maximum absolute atomic E-state index is 12.9. The van der Waals surface area contributed by atoms with Crippen molar-refractivity contribution in [3.8, 4) is 0 Å². The second-order valence-corrected chi connectivity index (χ2v) is 7.20. The third kappa shape index (κ3) is 3.56. The van der Waals surface area contributed by atoms with Crippen LogP contribution >= 0.6 is 0 Å². The van der Waals surface area contributed by atoms with Gasteiger partial charge < -0.3 is 14.5 Å². The first-order chi connectivity index (χ1) is 14.3. The molecule has 7 nitrogen and oxygen atoms in total. The van der Waals surface area contributed by atoms with E-state index >= 15 is 0 Å². The third-order valence-electron chi connectivity index (χ3n) is 5.23. The summed E-state index contributed by atoms with van der Waals surface area (Å²) in [6.45, 7) is 1.27. The lowest BCUT2D eigenvalue weighted by Gasteiger charge is -2.12.